The summed E-state index contributed by atoms with van der Waals surface area (Å²) in [6, 6.07) is 0.126. The minimum absolute atomic E-state index is 0.126. The monoisotopic (exact) mass is 200 g/mol. The molecule has 1 N–H and O–H groups in total. The van der Waals surface area contributed by atoms with Gasteiger partial charge in [0.25, 0.3) is 0 Å². The van der Waals surface area contributed by atoms with Crippen LogP contribution in [0.25, 0.3) is 0 Å². The van der Waals surface area contributed by atoms with E-state index in [1.165, 1.54) is 0 Å². The molecule has 0 aliphatic carbocycles. The lowest BCUT2D eigenvalue weighted by atomic mass is 9.80. The van der Waals surface area contributed by atoms with E-state index in [-0.39, 0.29) is 24.3 Å². The predicted octanol–water partition coefficient (Wildman–Crippen LogP) is 0.158. The molecule has 0 aromatic heterocycles. The first-order chi connectivity index (χ1) is 6.61. The predicted molar refractivity (Wildman–Crippen MR) is 58.1 cm³/mol. The van der Waals surface area contributed by atoms with Crippen LogP contribution in [0, 0.1) is 5.92 Å². The second-order valence-corrected chi connectivity index (χ2v) is 4.20. The van der Waals surface area contributed by atoms with E-state index in [2.05, 4.69) is 13.8 Å². The molecule has 4 atom stereocenters. The highest BCUT2D eigenvalue weighted by molar-refractivity contribution is 6.11. The lowest BCUT2D eigenvalue weighted by Gasteiger charge is -2.32. The maximum absolute atomic E-state index is 9.07. The third-order valence-corrected chi connectivity index (χ3v) is 3.61. The molecule has 1 rings (SSSR count). The zero-order valence-corrected chi connectivity index (χ0v) is 9.62. The van der Waals surface area contributed by atoms with E-state index in [0.717, 1.165) is 6.42 Å². The fourth-order valence-electron chi connectivity index (χ4n) is 2.70. The molecule has 4 heteroatoms. The molecule has 1 heterocycles. The van der Waals surface area contributed by atoms with Crippen LogP contribution in [0.5, 0.6) is 0 Å². The van der Waals surface area contributed by atoms with E-state index < -0.39 is 0 Å². The molecular weight excluding hydrogens is 179 g/mol. The SMILES string of the molecule is B[C@@H]1O[C@@](CC)(CCO)[C@H](C)C1OC. The molecule has 14 heavy (non-hydrogen) atoms. The van der Waals surface area contributed by atoms with Crippen LogP contribution in [0.2, 0.25) is 0 Å². The number of hydrogen-bond acceptors (Lipinski definition) is 3. The number of methoxy groups -OCH3 is 1. The topological polar surface area (TPSA) is 38.7 Å². The van der Waals surface area contributed by atoms with Crippen LogP contribution < -0.4 is 0 Å². The van der Waals surface area contributed by atoms with E-state index in [9.17, 15) is 0 Å². The van der Waals surface area contributed by atoms with Crippen molar-refractivity contribution in [3.8, 4) is 0 Å². The first-order valence-electron chi connectivity index (χ1n) is 5.42. The largest absolute Gasteiger partial charge is 0.396 e. The van der Waals surface area contributed by atoms with Crippen molar-refractivity contribution in [2.75, 3.05) is 13.7 Å². The van der Waals surface area contributed by atoms with E-state index in [4.69, 9.17) is 14.6 Å². The molecule has 0 radical (unpaired) electrons. The van der Waals surface area contributed by atoms with Gasteiger partial charge in [0, 0.05) is 19.6 Å². The van der Waals surface area contributed by atoms with Crippen molar-refractivity contribution < 1.29 is 14.6 Å². The maximum atomic E-state index is 9.07. The maximum Gasteiger partial charge on any atom is 0.142 e. The third-order valence-electron chi connectivity index (χ3n) is 3.61. The lowest BCUT2D eigenvalue weighted by Crippen LogP contribution is -2.37. The lowest BCUT2D eigenvalue weighted by molar-refractivity contribution is -0.0501. The summed E-state index contributed by atoms with van der Waals surface area (Å²) in [5, 5.41) is 9.07. The van der Waals surface area contributed by atoms with Crippen LogP contribution in [-0.4, -0.2) is 44.4 Å². The summed E-state index contributed by atoms with van der Waals surface area (Å²) in [5.74, 6) is 0.347. The molecule has 1 unspecified atom stereocenters. The molecule has 0 bridgehead atoms. The Hall–Kier alpha value is -0.0551. The Morgan fingerprint density at radius 1 is 1.57 bits per heavy atom. The van der Waals surface area contributed by atoms with E-state index in [1.54, 1.807) is 7.11 Å². The van der Waals surface area contributed by atoms with Crippen LogP contribution in [0.1, 0.15) is 26.7 Å². The van der Waals surface area contributed by atoms with Gasteiger partial charge in [-0.25, -0.2) is 0 Å². The normalized spacial score (nSPS) is 43.0. The zero-order chi connectivity index (χ0) is 10.8. The summed E-state index contributed by atoms with van der Waals surface area (Å²) in [6.07, 6.45) is 1.79. The van der Waals surface area contributed by atoms with Crippen molar-refractivity contribution in [2.45, 2.75) is 44.4 Å². The Balaban J connectivity index is 2.79. The van der Waals surface area contributed by atoms with Crippen LogP contribution in [0.3, 0.4) is 0 Å². The van der Waals surface area contributed by atoms with Gasteiger partial charge in [0.1, 0.15) is 7.85 Å². The number of rotatable bonds is 4. The molecule has 0 aromatic carbocycles. The molecule has 1 fully saturated rings. The van der Waals surface area contributed by atoms with Crippen LogP contribution in [-0.2, 0) is 9.47 Å². The van der Waals surface area contributed by atoms with Crippen molar-refractivity contribution in [2.24, 2.45) is 5.92 Å². The Morgan fingerprint density at radius 2 is 2.21 bits per heavy atom. The van der Waals surface area contributed by atoms with Crippen molar-refractivity contribution in [3.05, 3.63) is 0 Å². The van der Waals surface area contributed by atoms with E-state index in [1.807, 2.05) is 7.85 Å². The van der Waals surface area contributed by atoms with Gasteiger partial charge in [-0.15, -0.1) is 0 Å². The van der Waals surface area contributed by atoms with E-state index >= 15 is 0 Å². The van der Waals surface area contributed by atoms with E-state index in [0.29, 0.717) is 12.3 Å². The van der Waals surface area contributed by atoms with Gasteiger partial charge in [0.05, 0.1) is 17.7 Å². The van der Waals surface area contributed by atoms with Crippen LogP contribution >= 0.6 is 0 Å². The first kappa shape index (κ1) is 12.0. The Morgan fingerprint density at radius 3 is 2.57 bits per heavy atom. The summed E-state index contributed by atoms with van der Waals surface area (Å²) < 4.78 is 11.4. The minimum atomic E-state index is -0.186. The smallest absolute Gasteiger partial charge is 0.142 e. The van der Waals surface area contributed by atoms with Crippen LogP contribution in [0.15, 0.2) is 0 Å². The molecule has 0 saturated carbocycles. The highest BCUT2D eigenvalue weighted by Gasteiger charge is 2.49. The van der Waals surface area contributed by atoms with Crippen molar-refractivity contribution in [1.29, 1.82) is 0 Å². The van der Waals surface area contributed by atoms with Gasteiger partial charge in [0.2, 0.25) is 0 Å². The molecule has 0 aromatic rings. The van der Waals surface area contributed by atoms with Gasteiger partial charge in [-0.2, -0.15) is 0 Å². The van der Waals surface area contributed by atoms with Gasteiger partial charge >= 0.3 is 0 Å². The summed E-state index contributed by atoms with van der Waals surface area (Å²) in [5.41, 5.74) is -0.186. The standard InChI is InChI=1S/C10H21BO3/c1-4-10(5-6-12)7(2)8(13-3)9(11)14-10/h7-9,12H,4-6,11H2,1-3H3/t7-,8?,9-,10+/m1/s1. The highest BCUT2D eigenvalue weighted by atomic mass is 16.6. The van der Waals surface area contributed by atoms with Crippen molar-refractivity contribution in [3.63, 3.8) is 0 Å². The van der Waals surface area contributed by atoms with Gasteiger partial charge in [-0.3, -0.25) is 0 Å². The molecular formula is C10H21BO3. The second kappa shape index (κ2) is 4.64. The highest BCUT2D eigenvalue weighted by Crippen LogP contribution is 2.41. The summed E-state index contributed by atoms with van der Waals surface area (Å²) in [4.78, 5) is 0. The molecule has 1 aliphatic heterocycles. The average molecular weight is 200 g/mol. The number of ether oxygens (including phenoxy) is 2. The fourth-order valence-corrected chi connectivity index (χ4v) is 2.70. The second-order valence-electron chi connectivity index (χ2n) is 4.20. The molecule has 3 nitrogen and oxygen atoms in total. The summed E-state index contributed by atoms with van der Waals surface area (Å²) in [7, 11) is 3.77. The Bertz CT molecular complexity index is 188. The number of hydrogen-bond donors (Lipinski definition) is 1. The Labute approximate surface area is 87.2 Å². The van der Waals surface area contributed by atoms with Gasteiger partial charge in [-0.05, 0) is 12.8 Å². The molecule has 0 spiro atoms. The third kappa shape index (κ3) is 1.83. The average Bonchev–Trinajstić information content (AvgIpc) is 2.40. The molecule has 0 amide bonds. The quantitative estimate of drug-likeness (QED) is 0.657. The van der Waals surface area contributed by atoms with Crippen molar-refractivity contribution in [1.82, 2.24) is 0 Å². The number of aliphatic hydroxyl groups is 1. The summed E-state index contributed by atoms with van der Waals surface area (Å²) >= 11 is 0. The fraction of sp³-hybridized carbons (Fsp3) is 1.00. The Kier molecular flexibility index (Phi) is 3.99. The van der Waals surface area contributed by atoms with Crippen LogP contribution in [0.4, 0.5) is 0 Å². The molecule has 82 valence electrons. The van der Waals surface area contributed by atoms with Gasteiger partial charge in [0.15, 0.2) is 0 Å². The minimum Gasteiger partial charge on any atom is -0.396 e. The summed E-state index contributed by atoms with van der Waals surface area (Å²) in [6.45, 7) is 4.44. The van der Waals surface area contributed by atoms with Gasteiger partial charge in [-0.1, -0.05) is 13.8 Å². The molecule has 1 saturated heterocycles. The molecule has 1 aliphatic rings. The van der Waals surface area contributed by atoms with Gasteiger partial charge < -0.3 is 14.6 Å². The number of aliphatic hydroxyl groups excluding tert-OH is 1. The first-order valence-corrected chi connectivity index (χ1v) is 5.42. The zero-order valence-electron chi connectivity index (χ0n) is 9.62. The van der Waals surface area contributed by atoms with Crippen molar-refractivity contribution >= 4 is 7.85 Å².